The molecule has 0 bridgehead atoms. The van der Waals surface area contributed by atoms with E-state index in [4.69, 9.17) is 17.3 Å². The number of nitrogens with two attached hydrogens (primary N) is 1. The molecule has 0 aliphatic carbocycles. The lowest BCUT2D eigenvalue weighted by Gasteiger charge is -2.24. The van der Waals surface area contributed by atoms with Gasteiger partial charge in [-0.15, -0.1) is 6.42 Å². The molecule has 1 rings (SSSR count). The molecule has 1 saturated heterocycles. The number of carbonyl (C=O) groups excluding carboxylic acids is 1. The van der Waals surface area contributed by atoms with Crippen molar-refractivity contribution in [1.29, 1.82) is 0 Å². The summed E-state index contributed by atoms with van der Waals surface area (Å²) in [7, 11) is 0. The number of carbonyl (C=O) groups is 2. The number of carboxylic acid groups (broad SMARTS) is 1. The summed E-state index contributed by atoms with van der Waals surface area (Å²) in [5.41, 5.74) is 4.48. The summed E-state index contributed by atoms with van der Waals surface area (Å²) in [5, 5.41) is 11.5. The van der Waals surface area contributed by atoms with Gasteiger partial charge < -0.3 is 16.2 Å². The van der Waals surface area contributed by atoms with Gasteiger partial charge in [0.15, 0.2) is 0 Å². The van der Waals surface area contributed by atoms with E-state index in [1.807, 2.05) is 0 Å². The van der Waals surface area contributed by atoms with Crippen molar-refractivity contribution in [3.63, 3.8) is 0 Å². The summed E-state index contributed by atoms with van der Waals surface area (Å²) in [5.74, 6) is 1.07. The molecule has 6 heteroatoms. The van der Waals surface area contributed by atoms with Crippen LogP contribution in [0.15, 0.2) is 0 Å². The lowest BCUT2D eigenvalue weighted by Crippen LogP contribution is -2.52. The zero-order valence-corrected chi connectivity index (χ0v) is 9.77. The first-order valence-electron chi connectivity index (χ1n) is 5.38. The third-order valence-electron chi connectivity index (χ3n) is 3.05. The number of rotatable bonds is 4. The van der Waals surface area contributed by atoms with Crippen LogP contribution in [0, 0.1) is 12.3 Å². The van der Waals surface area contributed by atoms with Crippen LogP contribution >= 0.6 is 0 Å². The van der Waals surface area contributed by atoms with Gasteiger partial charge in [0, 0.05) is 13.1 Å². The number of amides is 1. The monoisotopic (exact) mass is 239 g/mol. The van der Waals surface area contributed by atoms with Crippen LogP contribution < -0.4 is 11.1 Å². The van der Waals surface area contributed by atoms with Crippen molar-refractivity contribution in [2.45, 2.75) is 24.9 Å². The van der Waals surface area contributed by atoms with Gasteiger partial charge in [0.1, 0.15) is 5.54 Å². The van der Waals surface area contributed by atoms with Crippen LogP contribution in [0.4, 0.5) is 0 Å². The summed E-state index contributed by atoms with van der Waals surface area (Å²) >= 11 is 0. The average molecular weight is 239 g/mol. The van der Waals surface area contributed by atoms with Crippen molar-refractivity contribution in [2.24, 2.45) is 5.73 Å². The molecule has 0 radical (unpaired) electrons. The third-order valence-corrected chi connectivity index (χ3v) is 3.05. The number of aliphatic carboxylic acids is 1. The van der Waals surface area contributed by atoms with E-state index in [-0.39, 0.29) is 19.0 Å². The Kier molecular flexibility index (Phi) is 4.10. The normalized spacial score (nSPS) is 26.2. The fourth-order valence-corrected chi connectivity index (χ4v) is 1.82. The number of hydrogen-bond acceptors (Lipinski definition) is 4. The number of hydrogen-bond donors (Lipinski definition) is 3. The minimum absolute atomic E-state index is 0.170. The maximum Gasteiger partial charge on any atom is 0.325 e. The van der Waals surface area contributed by atoms with Crippen molar-refractivity contribution in [2.75, 3.05) is 19.6 Å². The molecule has 2 unspecified atom stereocenters. The van der Waals surface area contributed by atoms with Gasteiger partial charge >= 0.3 is 5.97 Å². The molecule has 1 fully saturated rings. The molecule has 0 saturated carbocycles. The predicted octanol–water partition coefficient (Wildman–Crippen LogP) is -1.39. The second-order valence-electron chi connectivity index (χ2n) is 4.28. The van der Waals surface area contributed by atoms with Gasteiger partial charge in [0.05, 0.1) is 12.6 Å². The first-order chi connectivity index (χ1) is 7.90. The molecule has 94 valence electrons. The Morgan fingerprint density at radius 3 is 2.82 bits per heavy atom. The maximum atomic E-state index is 11.6. The van der Waals surface area contributed by atoms with E-state index in [1.54, 1.807) is 11.8 Å². The minimum Gasteiger partial charge on any atom is -0.480 e. The zero-order valence-electron chi connectivity index (χ0n) is 9.77. The first-order valence-corrected chi connectivity index (χ1v) is 5.38. The van der Waals surface area contributed by atoms with E-state index in [0.29, 0.717) is 13.0 Å². The van der Waals surface area contributed by atoms with Gasteiger partial charge in [0.2, 0.25) is 5.91 Å². The van der Waals surface area contributed by atoms with Gasteiger partial charge in [0.25, 0.3) is 0 Å². The first kappa shape index (κ1) is 13.5. The van der Waals surface area contributed by atoms with Crippen molar-refractivity contribution in [1.82, 2.24) is 10.2 Å². The topological polar surface area (TPSA) is 95.7 Å². The van der Waals surface area contributed by atoms with Crippen LogP contribution in [-0.2, 0) is 9.59 Å². The Hall–Kier alpha value is -1.58. The van der Waals surface area contributed by atoms with Gasteiger partial charge in [-0.3, -0.25) is 14.5 Å². The van der Waals surface area contributed by atoms with E-state index >= 15 is 0 Å². The third kappa shape index (κ3) is 2.96. The fourth-order valence-electron chi connectivity index (χ4n) is 1.82. The SMILES string of the molecule is C#CCNC(=O)C(C)N1CCC(N)(C(=O)O)C1. The molecular weight excluding hydrogens is 222 g/mol. The number of nitrogens with zero attached hydrogens (tertiary/aromatic N) is 1. The molecule has 1 aliphatic heterocycles. The smallest absolute Gasteiger partial charge is 0.325 e. The highest BCUT2D eigenvalue weighted by Gasteiger charge is 2.43. The largest absolute Gasteiger partial charge is 0.480 e. The Morgan fingerprint density at radius 2 is 2.35 bits per heavy atom. The molecule has 0 aromatic carbocycles. The molecule has 4 N–H and O–H groups in total. The maximum absolute atomic E-state index is 11.6. The van der Waals surface area contributed by atoms with Gasteiger partial charge in [-0.1, -0.05) is 5.92 Å². The molecule has 0 aromatic rings. The van der Waals surface area contributed by atoms with Crippen LogP contribution in [0.5, 0.6) is 0 Å². The quantitative estimate of drug-likeness (QED) is 0.525. The predicted molar refractivity (Wildman–Crippen MR) is 62.0 cm³/mol. The molecule has 2 atom stereocenters. The molecule has 1 amide bonds. The molecule has 17 heavy (non-hydrogen) atoms. The second kappa shape index (κ2) is 5.17. The summed E-state index contributed by atoms with van der Waals surface area (Å²) in [6.07, 6.45) is 5.38. The summed E-state index contributed by atoms with van der Waals surface area (Å²) in [4.78, 5) is 24.3. The zero-order chi connectivity index (χ0) is 13.1. The standard InChI is InChI=1S/C11H17N3O3/c1-3-5-13-9(15)8(2)14-6-4-11(12,7-14)10(16)17/h1,8H,4-7,12H2,2H3,(H,13,15)(H,16,17). The van der Waals surface area contributed by atoms with Crippen LogP contribution in [0.25, 0.3) is 0 Å². The molecule has 0 spiro atoms. The number of nitrogens with one attached hydrogen (secondary N) is 1. The van der Waals surface area contributed by atoms with E-state index in [2.05, 4.69) is 11.2 Å². The highest BCUT2D eigenvalue weighted by atomic mass is 16.4. The van der Waals surface area contributed by atoms with Gasteiger partial charge in [-0.05, 0) is 13.3 Å². The Labute approximate surface area is 100 Å². The van der Waals surface area contributed by atoms with Gasteiger partial charge in [-0.2, -0.15) is 0 Å². The Balaban J connectivity index is 2.57. The summed E-state index contributed by atoms with van der Waals surface area (Å²) in [6.45, 7) is 2.55. The van der Waals surface area contributed by atoms with Crippen molar-refractivity contribution < 1.29 is 14.7 Å². The minimum atomic E-state index is -1.25. The second-order valence-corrected chi connectivity index (χ2v) is 4.28. The highest BCUT2D eigenvalue weighted by Crippen LogP contribution is 2.21. The molecular formula is C11H17N3O3. The molecule has 1 heterocycles. The van der Waals surface area contributed by atoms with Crippen LogP contribution in [-0.4, -0.2) is 53.1 Å². The van der Waals surface area contributed by atoms with Crippen molar-refractivity contribution >= 4 is 11.9 Å². The summed E-state index contributed by atoms with van der Waals surface area (Å²) in [6, 6.07) is -0.423. The number of likely N-dealkylation sites (tertiary alicyclic amines) is 1. The van der Waals surface area contributed by atoms with E-state index in [9.17, 15) is 9.59 Å². The average Bonchev–Trinajstić information content (AvgIpc) is 2.69. The summed E-state index contributed by atoms with van der Waals surface area (Å²) < 4.78 is 0. The van der Waals surface area contributed by atoms with Crippen LogP contribution in [0.1, 0.15) is 13.3 Å². The molecule has 6 nitrogen and oxygen atoms in total. The lowest BCUT2D eigenvalue weighted by molar-refractivity contribution is -0.143. The highest BCUT2D eigenvalue weighted by molar-refractivity contribution is 5.82. The van der Waals surface area contributed by atoms with Crippen LogP contribution in [0.2, 0.25) is 0 Å². The molecule has 1 aliphatic rings. The van der Waals surface area contributed by atoms with E-state index in [1.165, 1.54) is 0 Å². The van der Waals surface area contributed by atoms with Gasteiger partial charge in [-0.25, -0.2) is 0 Å². The lowest BCUT2D eigenvalue weighted by atomic mass is 10.0. The fraction of sp³-hybridized carbons (Fsp3) is 0.636. The number of carboxylic acids is 1. The van der Waals surface area contributed by atoms with E-state index < -0.39 is 17.6 Å². The Bertz CT molecular complexity index is 363. The Morgan fingerprint density at radius 1 is 1.71 bits per heavy atom. The molecule has 0 aromatic heterocycles. The van der Waals surface area contributed by atoms with Crippen molar-refractivity contribution in [3.05, 3.63) is 0 Å². The van der Waals surface area contributed by atoms with Crippen LogP contribution in [0.3, 0.4) is 0 Å². The number of terminal acetylenes is 1. The van der Waals surface area contributed by atoms with E-state index in [0.717, 1.165) is 0 Å². The van der Waals surface area contributed by atoms with Crippen molar-refractivity contribution in [3.8, 4) is 12.3 Å².